The van der Waals surface area contributed by atoms with Crippen molar-refractivity contribution in [2.45, 2.75) is 13.8 Å². The number of hydrogen-bond donors (Lipinski definition) is 2. The van der Waals surface area contributed by atoms with Crippen molar-refractivity contribution in [1.29, 1.82) is 0 Å². The van der Waals surface area contributed by atoms with Crippen molar-refractivity contribution >= 4 is 17.8 Å². The second-order valence-electron chi connectivity index (χ2n) is 5.38. The lowest BCUT2D eigenvalue weighted by Gasteiger charge is -2.08. The highest BCUT2D eigenvalue weighted by molar-refractivity contribution is 5.98. The van der Waals surface area contributed by atoms with E-state index < -0.39 is 29.1 Å². The maximum Gasteiger partial charge on any atom is 0.307 e. The molecule has 2 N–H and O–H groups in total. The molecular formula is C13H17N3O5. The highest BCUT2D eigenvalue weighted by Gasteiger charge is 2.66. The highest BCUT2D eigenvalue weighted by Crippen LogP contribution is 2.58. The quantitative estimate of drug-likeness (QED) is 0.826. The Kier molecular flexibility index (Phi) is 3.71. The second kappa shape index (κ2) is 5.19. The van der Waals surface area contributed by atoms with Gasteiger partial charge in [0.15, 0.2) is 0 Å². The molecule has 2 rings (SSSR count). The number of carbonyl (C=O) groups is 2. The van der Waals surface area contributed by atoms with Gasteiger partial charge in [0.05, 0.1) is 32.1 Å². The Morgan fingerprint density at radius 1 is 1.19 bits per heavy atom. The number of rotatable bonds is 5. The Morgan fingerprint density at radius 3 is 2.10 bits per heavy atom. The summed E-state index contributed by atoms with van der Waals surface area (Å²) < 4.78 is 9.96. The minimum absolute atomic E-state index is 0.0167. The number of nitrogens with zero attached hydrogens (tertiary/aromatic N) is 2. The number of amides is 1. The largest absolute Gasteiger partial charge is 0.481 e. The van der Waals surface area contributed by atoms with E-state index in [4.69, 9.17) is 14.6 Å². The van der Waals surface area contributed by atoms with Gasteiger partial charge in [0.25, 0.3) is 0 Å². The smallest absolute Gasteiger partial charge is 0.307 e. The minimum atomic E-state index is -0.982. The maximum absolute atomic E-state index is 12.2. The number of aromatic nitrogens is 2. The van der Waals surface area contributed by atoms with E-state index in [1.807, 2.05) is 0 Å². The van der Waals surface area contributed by atoms with Crippen LogP contribution >= 0.6 is 0 Å². The normalized spacial score (nSPS) is 22.3. The number of carboxylic acid groups (broad SMARTS) is 1. The van der Waals surface area contributed by atoms with Gasteiger partial charge in [-0.3, -0.25) is 14.9 Å². The van der Waals surface area contributed by atoms with Crippen molar-refractivity contribution in [2.75, 3.05) is 19.5 Å². The van der Waals surface area contributed by atoms with Gasteiger partial charge in [-0.2, -0.15) is 9.97 Å². The fourth-order valence-electron chi connectivity index (χ4n) is 2.44. The summed E-state index contributed by atoms with van der Waals surface area (Å²) >= 11 is 0. The first-order chi connectivity index (χ1) is 9.81. The fraction of sp³-hybridized carbons (Fsp3) is 0.538. The lowest BCUT2D eigenvalue weighted by Crippen LogP contribution is -2.19. The molecule has 1 heterocycles. The molecule has 1 aromatic heterocycles. The van der Waals surface area contributed by atoms with E-state index in [1.165, 1.54) is 20.3 Å². The molecule has 1 amide bonds. The molecule has 0 bridgehead atoms. The van der Waals surface area contributed by atoms with Crippen molar-refractivity contribution in [3.63, 3.8) is 0 Å². The molecule has 1 aromatic rings. The molecule has 0 aromatic carbocycles. The van der Waals surface area contributed by atoms with Gasteiger partial charge in [0.2, 0.25) is 23.6 Å². The lowest BCUT2D eigenvalue weighted by molar-refractivity contribution is -0.140. The number of nitrogens with one attached hydrogen (secondary N) is 1. The molecule has 8 nitrogen and oxygen atoms in total. The molecule has 1 saturated carbocycles. The van der Waals surface area contributed by atoms with Gasteiger partial charge in [-0.15, -0.1) is 0 Å². The van der Waals surface area contributed by atoms with Crippen LogP contribution in [0.2, 0.25) is 0 Å². The molecule has 1 aliphatic carbocycles. The zero-order valence-electron chi connectivity index (χ0n) is 12.2. The molecule has 1 aliphatic rings. The molecule has 1 fully saturated rings. The topological polar surface area (TPSA) is 111 Å². The minimum Gasteiger partial charge on any atom is -0.481 e. The summed E-state index contributed by atoms with van der Waals surface area (Å²) in [5, 5.41) is 11.6. The van der Waals surface area contributed by atoms with Gasteiger partial charge >= 0.3 is 5.97 Å². The molecule has 8 heteroatoms. The van der Waals surface area contributed by atoms with Crippen LogP contribution in [0, 0.1) is 17.3 Å². The molecule has 2 unspecified atom stereocenters. The number of methoxy groups -OCH3 is 2. The van der Waals surface area contributed by atoms with Gasteiger partial charge < -0.3 is 14.6 Å². The monoisotopic (exact) mass is 295 g/mol. The van der Waals surface area contributed by atoms with Crippen LogP contribution in [0.3, 0.4) is 0 Å². The van der Waals surface area contributed by atoms with Crippen molar-refractivity contribution in [1.82, 2.24) is 9.97 Å². The van der Waals surface area contributed by atoms with Crippen LogP contribution in [0.15, 0.2) is 6.07 Å². The van der Waals surface area contributed by atoms with E-state index in [1.54, 1.807) is 13.8 Å². The first kappa shape index (κ1) is 15.0. The number of ether oxygens (including phenoxy) is 2. The van der Waals surface area contributed by atoms with Crippen LogP contribution in [0.5, 0.6) is 11.8 Å². The summed E-state index contributed by atoms with van der Waals surface area (Å²) in [6, 6.07) is 1.47. The molecule has 2 atom stereocenters. The van der Waals surface area contributed by atoms with E-state index in [0.29, 0.717) is 0 Å². The van der Waals surface area contributed by atoms with E-state index in [0.717, 1.165) is 0 Å². The SMILES string of the molecule is COc1cc(OC)nc(NC(=O)C2C(C(=O)O)C2(C)C)n1. The first-order valence-electron chi connectivity index (χ1n) is 6.32. The Morgan fingerprint density at radius 2 is 1.71 bits per heavy atom. The third-order valence-electron chi connectivity index (χ3n) is 3.71. The van der Waals surface area contributed by atoms with Gasteiger partial charge in [-0.05, 0) is 5.41 Å². The van der Waals surface area contributed by atoms with E-state index in [9.17, 15) is 9.59 Å². The van der Waals surface area contributed by atoms with Gasteiger partial charge in [0.1, 0.15) is 0 Å². The summed E-state index contributed by atoms with van der Waals surface area (Å²) in [4.78, 5) is 31.2. The highest BCUT2D eigenvalue weighted by atomic mass is 16.5. The van der Waals surface area contributed by atoms with Crippen LogP contribution in [0.25, 0.3) is 0 Å². The third-order valence-corrected chi connectivity index (χ3v) is 3.71. The van der Waals surface area contributed by atoms with E-state index in [-0.39, 0.29) is 17.7 Å². The van der Waals surface area contributed by atoms with Crippen LogP contribution < -0.4 is 14.8 Å². The predicted octanol–water partition coefficient (Wildman–Crippen LogP) is 0.789. The van der Waals surface area contributed by atoms with Gasteiger partial charge in [0, 0.05) is 0 Å². The van der Waals surface area contributed by atoms with Crippen molar-refractivity contribution < 1.29 is 24.2 Å². The van der Waals surface area contributed by atoms with Crippen molar-refractivity contribution in [3.8, 4) is 11.8 Å². The van der Waals surface area contributed by atoms with Gasteiger partial charge in [-0.1, -0.05) is 13.8 Å². The zero-order valence-corrected chi connectivity index (χ0v) is 12.2. The second-order valence-corrected chi connectivity index (χ2v) is 5.38. The predicted molar refractivity (Wildman–Crippen MR) is 72.2 cm³/mol. The summed E-state index contributed by atoms with van der Waals surface area (Å²) in [7, 11) is 2.86. The van der Waals surface area contributed by atoms with Crippen LogP contribution in [-0.4, -0.2) is 41.2 Å². The summed E-state index contributed by atoms with van der Waals surface area (Å²) in [6.45, 7) is 3.48. The molecule has 0 saturated heterocycles. The van der Waals surface area contributed by atoms with Gasteiger partial charge in [-0.25, -0.2) is 0 Å². The Bertz CT molecular complexity index is 565. The number of hydrogen-bond acceptors (Lipinski definition) is 6. The summed E-state index contributed by atoms with van der Waals surface area (Å²) in [5.74, 6) is -2.24. The Labute approximate surface area is 121 Å². The van der Waals surface area contributed by atoms with E-state index >= 15 is 0 Å². The molecule has 114 valence electrons. The van der Waals surface area contributed by atoms with E-state index in [2.05, 4.69) is 15.3 Å². The maximum atomic E-state index is 12.2. The number of anilines is 1. The molecule has 21 heavy (non-hydrogen) atoms. The van der Waals surface area contributed by atoms with Crippen LogP contribution in [0.4, 0.5) is 5.95 Å². The summed E-state index contributed by atoms with van der Waals surface area (Å²) in [6.07, 6.45) is 0. The number of carbonyl (C=O) groups excluding carboxylic acids is 1. The third kappa shape index (κ3) is 2.74. The summed E-state index contributed by atoms with van der Waals surface area (Å²) in [5.41, 5.74) is -0.584. The molecule has 0 aliphatic heterocycles. The fourth-order valence-corrected chi connectivity index (χ4v) is 2.44. The van der Waals surface area contributed by atoms with Crippen molar-refractivity contribution in [3.05, 3.63) is 6.07 Å². The average Bonchev–Trinajstić information content (AvgIpc) is 3.01. The average molecular weight is 295 g/mol. The molecule has 0 radical (unpaired) electrons. The lowest BCUT2D eigenvalue weighted by atomic mass is 10.1. The zero-order chi connectivity index (χ0) is 15.8. The Balaban J connectivity index is 2.16. The molecular weight excluding hydrogens is 278 g/mol. The van der Waals surface area contributed by atoms with Crippen LogP contribution in [-0.2, 0) is 9.59 Å². The van der Waals surface area contributed by atoms with Crippen molar-refractivity contribution in [2.24, 2.45) is 17.3 Å². The number of carboxylic acids is 1. The first-order valence-corrected chi connectivity index (χ1v) is 6.32. The standard InChI is InChI=1S/C13H17N3O5/c1-13(2)8(9(13)11(18)19)10(17)16-12-14-6(20-3)5-7(15-12)21-4/h5,8-9H,1-4H3,(H,18,19)(H,14,15,16,17). The Hall–Kier alpha value is -2.38. The molecule has 0 spiro atoms. The van der Waals surface area contributed by atoms with Crippen LogP contribution in [0.1, 0.15) is 13.8 Å². The number of aliphatic carboxylic acids is 1.